The molecule has 0 spiro atoms. The first-order chi connectivity index (χ1) is 19.0. The fourth-order valence-corrected chi connectivity index (χ4v) is 6.39. The van der Waals surface area contributed by atoms with Gasteiger partial charge in [0.2, 0.25) is 11.7 Å². The number of nitrogens with one attached hydrogen (secondary N) is 1. The van der Waals surface area contributed by atoms with Crippen LogP contribution in [0.2, 0.25) is 0 Å². The summed E-state index contributed by atoms with van der Waals surface area (Å²) in [6.45, 7) is 2.73. The van der Waals surface area contributed by atoms with Crippen molar-refractivity contribution in [2.24, 2.45) is 11.8 Å². The van der Waals surface area contributed by atoms with E-state index in [1.54, 1.807) is 17.5 Å². The molecule has 0 bridgehead atoms. The van der Waals surface area contributed by atoms with Crippen LogP contribution in [0.4, 0.5) is 10.5 Å². The molecule has 4 atom stereocenters. The number of aliphatic hydroxyl groups is 1. The number of thiazole rings is 1. The molecule has 2 aliphatic heterocycles. The van der Waals surface area contributed by atoms with Crippen molar-refractivity contribution in [2.75, 3.05) is 6.54 Å². The molecule has 0 saturated carbocycles. The third kappa shape index (κ3) is 4.48. The SMILES string of the molecule is C[C@@H](O)[C@H]1C(=O)N2C(C(=O)O)=C(c3cn4cnc(C(=O)CNC(=O)OCc5ccc([N+](=O)[O-])cc5)c4s3)[C@H](C)[C@H]12. The van der Waals surface area contributed by atoms with Gasteiger partial charge < -0.3 is 25.2 Å². The van der Waals surface area contributed by atoms with Crippen molar-refractivity contribution in [1.29, 1.82) is 0 Å². The molecule has 40 heavy (non-hydrogen) atoms. The predicted molar refractivity (Wildman–Crippen MR) is 138 cm³/mol. The summed E-state index contributed by atoms with van der Waals surface area (Å²) in [6, 6.07) is 4.99. The van der Waals surface area contributed by atoms with Gasteiger partial charge in [0.15, 0.2) is 0 Å². The van der Waals surface area contributed by atoms with Gasteiger partial charge in [0.05, 0.1) is 34.4 Å². The maximum absolute atomic E-state index is 12.9. The van der Waals surface area contributed by atoms with Crippen LogP contribution in [0.15, 0.2) is 42.5 Å². The second-order valence-electron chi connectivity index (χ2n) is 9.50. The normalized spacial score (nSPS) is 20.7. The Hall–Kier alpha value is -4.63. The lowest BCUT2D eigenvalue weighted by atomic mass is 9.77. The average Bonchev–Trinajstić information content (AvgIpc) is 3.55. The number of carboxylic acids is 1. The van der Waals surface area contributed by atoms with Crippen LogP contribution in [-0.4, -0.2) is 71.9 Å². The highest BCUT2D eigenvalue weighted by Gasteiger charge is 2.60. The lowest BCUT2D eigenvalue weighted by Crippen LogP contribution is -2.63. The van der Waals surface area contributed by atoms with Gasteiger partial charge >= 0.3 is 12.1 Å². The Labute approximate surface area is 229 Å². The van der Waals surface area contributed by atoms with Gasteiger partial charge in [0.25, 0.3) is 5.69 Å². The van der Waals surface area contributed by atoms with E-state index in [1.165, 1.54) is 42.4 Å². The topological polar surface area (TPSA) is 194 Å². The number of β-lactam (4-membered cyclic amide) rings is 1. The maximum atomic E-state index is 12.9. The Morgan fingerprint density at radius 2 is 1.98 bits per heavy atom. The van der Waals surface area contributed by atoms with Crippen LogP contribution in [0.25, 0.3) is 10.4 Å². The Morgan fingerprint density at radius 3 is 2.60 bits per heavy atom. The summed E-state index contributed by atoms with van der Waals surface area (Å²) in [5, 5.41) is 33.0. The molecule has 5 rings (SSSR count). The molecule has 1 aromatic carbocycles. The molecule has 0 unspecified atom stereocenters. The molecule has 3 N–H and O–H groups in total. The van der Waals surface area contributed by atoms with Gasteiger partial charge in [-0.15, -0.1) is 11.3 Å². The molecule has 2 aliphatic rings. The molecule has 1 fully saturated rings. The summed E-state index contributed by atoms with van der Waals surface area (Å²) in [7, 11) is 0. The van der Waals surface area contributed by atoms with E-state index in [0.29, 0.717) is 20.8 Å². The van der Waals surface area contributed by atoms with Crippen LogP contribution in [0.5, 0.6) is 0 Å². The number of carbonyl (C=O) groups is 4. The summed E-state index contributed by atoms with van der Waals surface area (Å²) in [5.41, 5.74) is 0.797. The monoisotopic (exact) mass is 569 g/mol. The number of Topliss-reactive ketones (excluding diaryl/α,β-unsaturated/α-hetero) is 1. The number of hydrogen-bond donors (Lipinski definition) is 3. The minimum atomic E-state index is -1.26. The van der Waals surface area contributed by atoms with Gasteiger partial charge in [-0.1, -0.05) is 6.92 Å². The van der Waals surface area contributed by atoms with E-state index < -0.39 is 53.3 Å². The lowest BCUT2D eigenvalue weighted by Gasteiger charge is -2.46. The van der Waals surface area contributed by atoms with Crippen LogP contribution in [0.1, 0.15) is 34.8 Å². The van der Waals surface area contributed by atoms with Crippen molar-refractivity contribution < 1.29 is 39.1 Å². The first kappa shape index (κ1) is 27.0. The van der Waals surface area contributed by atoms with Gasteiger partial charge in [-0.05, 0) is 24.6 Å². The first-order valence-corrected chi connectivity index (χ1v) is 12.9. The number of carboxylic acid groups (broad SMARTS) is 1. The Bertz CT molecular complexity index is 1590. The van der Waals surface area contributed by atoms with Crippen molar-refractivity contribution in [1.82, 2.24) is 19.6 Å². The molecular weight excluding hydrogens is 546 g/mol. The van der Waals surface area contributed by atoms with Gasteiger partial charge in [-0.2, -0.15) is 0 Å². The molecule has 15 heteroatoms. The quantitative estimate of drug-likeness (QED) is 0.149. The number of ether oxygens (including phenoxy) is 1. The minimum absolute atomic E-state index is 0.0660. The zero-order valence-electron chi connectivity index (χ0n) is 21.1. The number of imidazole rings is 1. The summed E-state index contributed by atoms with van der Waals surface area (Å²) < 4.78 is 6.63. The number of aliphatic hydroxyl groups excluding tert-OH is 1. The van der Waals surface area contributed by atoms with Crippen LogP contribution in [0, 0.1) is 22.0 Å². The third-order valence-corrected chi connectivity index (χ3v) is 8.17. The molecule has 4 heterocycles. The molecule has 0 radical (unpaired) electrons. The average molecular weight is 570 g/mol. The fourth-order valence-electron chi connectivity index (χ4n) is 5.16. The number of benzene rings is 1. The third-order valence-electron chi connectivity index (χ3n) is 7.03. The fraction of sp³-hybridized carbons (Fsp3) is 0.320. The molecule has 0 aliphatic carbocycles. The van der Waals surface area contributed by atoms with E-state index in [2.05, 4.69) is 10.3 Å². The zero-order valence-corrected chi connectivity index (χ0v) is 22.0. The van der Waals surface area contributed by atoms with Gasteiger partial charge in [0.1, 0.15) is 29.2 Å². The van der Waals surface area contributed by atoms with Crippen molar-refractivity contribution in [3.8, 4) is 0 Å². The van der Waals surface area contributed by atoms with E-state index in [9.17, 15) is 39.5 Å². The highest BCUT2D eigenvalue weighted by atomic mass is 32.1. The highest BCUT2D eigenvalue weighted by Crippen LogP contribution is 2.51. The van der Waals surface area contributed by atoms with E-state index in [4.69, 9.17) is 4.74 Å². The number of fused-ring (bicyclic) bond motifs is 2. The van der Waals surface area contributed by atoms with E-state index in [-0.39, 0.29) is 29.6 Å². The van der Waals surface area contributed by atoms with Crippen LogP contribution < -0.4 is 5.32 Å². The number of nitro benzene ring substituents is 1. The van der Waals surface area contributed by atoms with Gasteiger partial charge in [-0.3, -0.25) is 24.1 Å². The molecule has 3 aromatic rings. The van der Waals surface area contributed by atoms with E-state index >= 15 is 0 Å². The molecule has 1 saturated heterocycles. The number of ketones is 1. The number of hydrogen-bond acceptors (Lipinski definition) is 10. The lowest BCUT2D eigenvalue weighted by molar-refractivity contribution is -0.384. The zero-order chi connectivity index (χ0) is 28.9. The number of aromatic nitrogens is 2. The summed E-state index contributed by atoms with van der Waals surface area (Å²) in [6.07, 6.45) is 1.24. The summed E-state index contributed by atoms with van der Waals surface area (Å²) >= 11 is 1.13. The maximum Gasteiger partial charge on any atom is 0.407 e. The van der Waals surface area contributed by atoms with Crippen LogP contribution in [0.3, 0.4) is 0 Å². The number of non-ortho nitro benzene ring substituents is 1. The number of nitro groups is 1. The summed E-state index contributed by atoms with van der Waals surface area (Å²) in [5.74, 6) is -3.27. The Balaban J connectivity index is 1.28. The number of nitrogens with zero attached hydrogens (tertiary/aromatic N) is 4. The number of amides is 2. The highest BCUT2D eigenvalue weighted by molar-refractivity contribution is 7.18. The second-order valence-corrected chi connectivity index (χ2v) is 10.5. The largest absolute Gasteiger partial charge is 0.477 e. The Kier molecular flexibility index (Phi) is 6.85. The van der Waals surface area contributed by atoms with Crippen molar-refractivity contribution >= 4 is 51.2 Å². The van der Waals surface area contributed by atoms with Crippen molar-refractivity contribution in [3.63, 3.8) is 0 Å². The first-order valence-electron chi connectivity index (χ1n) is 12.1. The minimum Gasteiger partial charge on any atom is -0.477 e. The number of aliphatic carboxylic acids is 1. The van der Waals surface area contributed by atoms with Crippen LogP contribution >= 0.6 is 11.3 Å². The molecule has 2 aromatic heterocycles. The van der Waals surface area contributed by atoms with E-state index in [0.717, 1.165) is 11.3 Å². The van der Waals surface area contributed by atoms with Crippen molar-refractivity contribution in [3.05, 3.63) is 68.7 Å². The summed E-state index contributed by atoms with van der Waals surface area (Å²) in [4.78, 5) is 66.2. The van der Waals surface area contributed by atoms with Gasteiger partial charge in [-0.25, -0.2) is 14.6 Å². The standard InChI is InChI=1S/C25H23N5O9S/c1-11-17(21(24(34)35)29-20(11)18(12(2)31)22(29)33)16-8-28-10-27-19(23(28)40-16)15(32)7-26-25(36)39-9-13-3-5-14(6-4-13)30(37)38/h3-6,8,10-12,18,20,31H,7,9H2,1-2H3,(H,26,36)(H,34,35)/t11-,12+,18+,20+/m0/s1. The number of carbonyl (C=O) groups excluding carboxylic acids is 3. The number of rotatable bonds is 9. The second kappa shape index (κ2) is 10.2. The number of alkyl carbamates (subject to hydrolysis) is 1. The predicted octanol–water partition coefficient (Wildman–Crippen LogP) is 2.07. The smallest absolute Gasteiger partial charge is 0.407 e. The van der Waals surface area contributed by atoms with Crippen LogP contribution in [-0.2, 0) is 20.9 Å². The van der Waals surface area contributed by atoms with E-state index in [1.807, 2.05) is 0 Å². The van der Waals surface area contributed by atoms with Crippen molar-refractivity contribution in [2.45, 2.75) is 32.6 Å². The molecular formula is C25H23N5O9S. The Morgan fingerprint density at radius 1 is 1.27 bits per heavy atom. The molecule has 2 amide bonds. The van der Waals surface area contributed by atoms with Gasteiger partial charge in [0, 0.05) is 29.8 Å². The molecule has 14 nitrogen and oxygen atoms in total. The molecule has 208 valence electrons.